The molecule has 1 heterocycles. The van der Waals surface area contributed by atoms with Gasteiger partial charge in [0.2, 0.25) is 0 Å². The molecule has 78 valence electrons. The Morgan fingerprint density at radius 3 is 2.85 bits per heavy atom. The molecule has 1 aliphatic rings. The van der Waals surface area contributed by atoms with Crippen LogP contribution in [-0.2, 0) is 4.74 Å². The van der Waals surface area contributed by atoms with Gasteiger partial charge in [-0.1, -0.05) is 48.5 Å². The van der Waals surface area contributed by atoms with Crippen LogP contribution in [-0.4, -0.2) is 18.0 Å². The van der Waals surface area contributed by atoms with Crippen LogP contribution in [0.1, 0.15) is 45.4 Å². The molecule has 1 rings (SSSR count). The first kappa shape index (κ1) is 11.5. The van der Waals surface area contributed by atoms with Gasteiger partial charge < -0.3 is 4.74 Å². The smallest absolute Gasteiger partial charge is 0.0504 e. The molecule has 0 aliphatic carbocycles. The highest BCUT2D eigenvalue weighted by atomic mass is 79.9. The quantitative estimate of drug-likeness (QED) is 0.532. The molecule has 2 unspecified atom stereocenters. The number of unbranched alkanes of at least 4 members (excludes halogenated alkanes) is 3. The molecule has 1 fully saturated rings. The third-order valence-corrected chi connectivity index (χ3v) is 4.02. The summed E-state index contributed by atoms with van der Waals surface area (Å²) in [6.07, 6.45) is 8.03. The van der Waals surface area contributed by atoms with E-state index in [1.54, 1.807) is 0 Å². The summed E-state index contributed by atoms with van der Waals surface area (Å²) in [7, 11) is 0. The molecular weight excluding hydrogens is 228 g/mol. The van der Waals surface area contributed by atoms with Crippen LogP contribution in [0.15, 0.2) is 0 Å². The van der Waals surface area contributed by atoms with E-state index in [1.165, 1.54) is 38.5 Å². The molecule has 0 bridgehead atoms. The molecule has 2 heteroatoms. The van der Waals surface area contributed by atoms with E-state index in [-0.39, 0.29) is 0 Å². The Labute approximate surface area is 90.4 Å². The van der Waals surface area contributed by atoms with E-state index < -0.39 is 0 Å². The van der Waals surface area contributed by atoms with E-state index >= 15 is 0 Å². The summed E-state index contributed by atoms with van der Waals surface area (Å²) in [5.41, 5.74) is 0. The lowest BCUT2D eigenvalue weighted by atomic mass is 9.95. The topological polar surface area (TPSA) is 9.23 Å². The van der Waals surface area contributed by atoms with Crippen LogP contribution >= 0.6 is 15.9 Å². The summed E-state index contributed by atoms with van der Waals surface area (Å²) in [5, 5.41) is 0. The highest BCUT2D eigenvalue weighted by molar-refractivity contribution is 9.09. The second kappa shape index (κ2) is 6.83. The van der Waals surface area contributed by atoms with E-state index in [0.29, 0.717) is 4.83 Å². The van der Waals surface area contributed by atoms with Crippen molar-refractivity contribution in [2.24, 2.45) is 5.92 Å². The van der Waals surface area contributed by atoms with E-state index in [4.69, 9.17) is 4.74 Å². The Balaban J connectivity index is 2.05. The highest BCUT2D eigenvalue weighted by Crippen LogP contribution is 2.26. The maximum atomic E-state index is 5.48. The average Bonchev–Trinajstić information content (AvgIpc) is 2.15. The maximum Gasteiger partial charge on any atom is 0.0504 e. The summed E-state index contributed by atoms with van der Waals surface area (Å²) < 4.78 is 5.48. The molecule has 1 aliphatic heterocycles. The van der Waals surface area contributed by atoms with E-state index in [2.05, 4.69) is 22.9 Å². The van der Waals surface area contributed by atoms with Crippen molar-refractivity contribution in [1.29, 1.82) is 0 Å². The summed E-state index contributed by atoms with van der Waals surface area (Å²) in [4.78, 5) is 0.711. The third-order valence-electron chi connectivity index (χ3n) is 2.81. The van der Waals surface area contributed by atoms with Crippen molar-refractivity contribution in [2.45, 2.75) is 50.3 Å². The molecule has 1 nitrogen and oxygen atoms in total. The third kappa shape index (κ3) is 4.46. The van der Waals surface area contributed by atoms with Crippen LogP contribution < -0.4 is 0 Å². The molecule has 1 saturated heterocycles. The first-order valence-electron chi connectivity index (χ1n) is 5.56. The largest absolute Gasteiger partial charge is 0.381 e. The van der Waals surface area contributed by atoms with Crippen LogP contribution in [0.3, 0.4) is 0 Å². The van der Waals surface area contributed by atoms with Crippen molar-refractivity contribution >= 4 is 15.9 Å². The van der Waals surface area contributed by atoms with Gasteiger partial charge in [0.25, 0.3) is 0 Å². The molecular formula is C11H21BrO. The average molecular weight is 249 g/mol. The van der Waals surface area contributed by atoms with Crippen LogP contribution in [0, 0.1) is 5.92 Å². The normalized spacial score (nSPS) is 29.1. The van der Waals surface area contributed by atoms with Crippen molar-refractivity contribution < 1.29 is 4.74 Å². The van der Waals surface area contributed by atoms with Gasteiger partial charge in [0.1, 0.15) is 0 Å². The van der Waals surface area contributed by atoms with Crippen molar-refractivity contribution in [3.63, 3.8) is 0 Å². The predicted octanol–water partition coefficient (Wildman–Crippen LogP) is 3.76. The summed E-state index contributed by atoms with van der Waals surface area (Å²) >= 11 is 3.74. The number of hydrogen-bond donors (Lipinski definition) is 0. The van der Waals surface area contributed by atoms with Crippen molar-refractivity contribution in [2.75, 3.05) is 13.2 Å². The van der Waals surface area contributed by atoms with Crippen LogP contribution in [0.2, 0.25) is 0 Å². The summed E-state index contributed by atoms with van der Waals surface area (Å²) in [5.74, 6) is 0.769. The molecule has 0 saturated carbocycles. The first-order valence-corrected chi connectivity index (χ1v) is 6.48. The monoisotopic (exact) mass is 248 g/mol. The fraction of sp³-hybridized carbons (Fsp3) is 1.00. The summed E-state index contributed by atoms with van der Waals surface area (Å²) in [6, 6.07) is 0. The van der Waals surface area contributed by atoms with Gasteiger partial charge in [-0.3, -0.25) is 0 Å². The Hall–Kier alpha value is 0.440. The van der Waals surface area contributed by atoms with Gasteiger partial charge in [0.15, 0.2) is 0 Å². The van der Waals surface area contributed by atoms with E-state index in [0.717, 1.165) is 19.1 Å². The zero-order chi connectivity index (χ0) is 9.52. The zero-order valence-electron chi connectivity index (χ0n) is 8.60. The minimum atomic E-state index is 0.711. The molecule has 0 aromatic rings. The number of alkyl halides is 1. The van der Waals surface area contributed by atoms with Gasteiger partial charge in [-0.2, -0.15) is 0 Å². The minimum Gasteiger partial charge on any atom is -0.381 e. The Morgan fingerprint density at radius 2 is 2.15 bits per heavy atom. The highest BCUT2D eigenvalue weighted by Gasteiger charge is 2.22. The number of ether oxygens (including phenoxy) is 1. The van der Waals surface area contributed by atoms with Crippen molar-refractivity contribution in [3.8, 4) is 0 Å². The molecule has 0 amide bonds. The van der Waals surface area contributed by atoms with E-state index in [1.807, 2.05) is 0 Å². The van der Waals surface area contributed by atoms with Gasteiger partial charge in [0, 0.05) is 11.4 Å². The lowest BCUT2D eigenvalue weighted by molar-refractivity contribution is 0.0563. The van der Waals surface area contributed by atoms with Gasteiger partial charge in [-0.25, -0.2) is 0 Å². The standard InChI is InChI=1S/C11H21BrO/c1-2-3-4-5-6-10-9-13-8-7-11(10)12/h10-11H,2-9H2,1H3. The van der Waals surface area contributed by atoms with Gasteiger partial charge >= 0.3 is 0 Å². The fourth-order valence-electron chi connectivity index (χ4n) is 1.87. The Morgan fingerprint density at radius 1 is 1.31 bits per heavy atom. The zero-order valence-corrected chi connectivity index (χ0v) is 10.2. The second-order valence-corrected chi connectivity index (χ2v) is 5.17. The second-order valence-electron chi connectivity index (χ2n) is 3.99. The SMILES string of the molecule is CCCCCCC1COCCC1Br. The lowest BCUT2D eigenvalue weighted by Crippen LogP contribution is -2.27. The van der Waals surface area contributed by atoms with Crippen LogP contribution in [0.4, 0.5) is 0 Å². The van der Waals surface area contributed by atoms with Crippen molar-refractivity contribution in [3.05, 3.63) is 0 Å². The Bertz CT molecular complexity index is 127. The predicted molar refractivity (Wildman–Crippen MR) is 60.4 cm³/mol. The number of halogens is 1. The molecule has 0 N–H and O–H groups in total. The van der Waals surface area contributed by atoms with Crippen molar-refractivity contribution in [1.82, 2.24) is 0 Å². The minimum absolute atomic E-state index is 0.711. The molecule has 0 aromatic heterocycles. The molecule has 0 aromatic carbocycles. The summed E-state index contributed by atoms with van der Waals surface area (Å²) in [6.45, 7) is 4.18. The number of hydrogen-bond acceptors (Lipinski definition) is 1. The van der Waals surface area contributed by atoms with Crippen LogP contribution in [0.25, 0.3) is 0 Å². The molecule has 13 heavy (non-hydrogen) atoms. The van der Waals surface area contributed by atoms with Crippen LogP contribution in [0.5, 0.6) is 0 Å². The van der Waals surface area contributed by atoms with Gasteiger partial charge in [-0.05, 0) is 18.8 Å². The van der Waals surface area contributed by atoms with Gasteiger partial charge in [0.05, 0.1) is 6.61 Å². The number of rotatable bonds is 5. The lowest BCUT2D eigenvalue weighted by Gasteiger charge is -2.27. The first-order chi connectivity index (χ1) is 6.34. The molecule has 0 radical (unpaired) electrons. The Kier molecular flexibility index (Phi) is 6.05. The fourth-order valence-corrected chi connectivity index (χ4v) is 2.47. The van der Waals surface area contributed by atoms with E-state index in [9.17, 15) is 0 Å². The molecule has 0 spiro atoms. The maximum absolute atomic E-state index is 5.48. The molecule has 2 atom stereocenters. The van der Waals surface area contributed by atoms with Gasteiger partial charge in [-0.15, -0.1) is 0 Å².